The van der Waals surface area contributed by atoms with Crippen molar-refractivity contribution in [2.45, 2.75) is 29.2 Å². The summed E-state index contributed by atoms with van der Waals surface area (Å²) in [5.74, 6) is 0. The van der Waals surface area contributed by atoms with E-state index in [2.05, 4.69) is 29.2 Å². The Labute approximate surface area is 87.9 Å². The molecule has 3 heteroatoms. The highest BCUT2D eigenvalue weighted by atomic mass is 32.2. The SMILES string of the molecule is OC1CCN2c3ccccc3SC2C1. The van der Waals surface area contributed by atoms with Gasteiger partial charge in [-0.2, -0.15) is 0 Å². The molecule has 2 heterocycles. The summed E-state index contributed by atoms with van der Waals surface area (Å²) >= 11 is 1.89. The maximum Gasteiger partial charge on any atom is 0.0822 e. The van der Waals surface area contributed by atoms with Crippen molar-refractivity contribution >= 4 is 17.4 Å². The van der Waals surface area contributed by atoms with Crippen LogP contribution in [0, 0.1) is 0 Å². The molecule has 2 aliphatic rings. The lowest BCUT2D eigenvalue weighted by Gasteiger charge is -2.33. The standard InChI is InChI=1S/C11H13NOS/c13-8-5-6-12-9-3-1-2-4-10(9)14-11(12)7-8/h1-4,8,11,13H,5-7H2. The topological polar surface area (TPSA) is 23.5 Å². The van der Waals surface area contributed by atoms with Crippen LogP contribution in [0.3, 0.4) is 0 Å². The van der Waals surface area contributed by atoms with Crippen LogP contribution < -0.4 is 4.90 Å². The molecule has 74 valence electrons. The number of aliphatic hydroxyl groups is 1. The fourth-order valence-electron chi connectivity index (χ4n) is 2.24. The first kappa shape index (κ1) is 8.62. The van der Waals surface area contributed by atoms with Crippen molar-refractivity contribution in [1.82, 2.24) is 0 Å². The minimum atomic E-state index is -0.0990. The van der Waals surface area contributed by atoms with Crippen molar-refractivity contribution < 1.29 is 5.11 Å². The molecule has 0 radical (unpaired) electrons. The number of thioether (sulfide) groups is 1. The molecule has 0 saturated carbocycles. The summed E-state index contributed by atoms with van der Waals surface area (Å²) < 4.78 is 0. The second-order valence-corrected chi connectivity index (χ2v) is 5.13. The van der Waals surface area contributed by atoms with E-state index in [-0.39, 0.29) is 6.10 Å². The van der Waals surface area contributed by atoms with Gasteiger partial charge < -0.3 is 10.0 Å². The summed E-state index contributed by atoms with van der Waals surface area (Å²) in [6.07, 6.45) is 1.71. The minimum absolute atomic E-state index is 0.0990. The van der Waals surface area contributed by atoms with Crippen LogP contribution in [0.15, 0.2) is 29.2 Å². The Bertz CT molecular complexity index is 355. The van der Waals surface area contributed by atoms with Crippen LogP contribution in [0.4, 0.5) is 5.69 Å². The van der Waals surface area contributed by atoms with Crippen molar-refractivity contribution in [3.63, 3.8) is 0 Å². The lowest BCUT2D eigenvalue weighted by Crippen LogP contribution is -2.39. The maximum absolute atomic E-state index is 9.60. The summed E-state index contributed by atoms with van der Waals surface area (Å²) in [6, 6.07) is 8.53. The third-order valence-electron chi connectivity index (χ3n) is 2.96. The quantitative estimate of drug-likeness (QED) is 0.704. The molecule has 1 saturated heterocycles. The third kappa shape index (κ3) is 1.23. The predicted molar refractivity (Wildman–Crippen MR) is 58.7 cm³/mol. The van der Waals surface area contributed by atoms with Crippen LogP contribution in [-0.2, 0) is 0 Å². The molecule has 14 heavy (non-hydrogen) atoms. The van der Waals surface area contributed by atoms with Crippen LogP contribution >= 0.6 is 11.8 Å². The van der Waals surface area contributed by atoms with Gasteiger partial charge in [-0.1, -0.05) is 23.9 Å². The minimum Gasteiger partial charge on any atom is -0.393 e. The van der Waals surface area contributed by atoms with E-state index in [0.29, 0.717) is 5.37 Å². The Hall–Kier alpha value is -0.670. The molecule has 0 aromatic heterocycles. The van der Waals surface area contributed by atoms with Crippen molar-refractivity contribution in [3.05, 3.63) is 24.3 Å². The van der Waals surface area contributed by atoms with Gasteiger partial charge in [-0.05, 0) is 18.6 Å². The Kier molecular flexibility index (Phi) is 1.96. The molecule has 3 rings (SSSR count). The molecule has 2 aliphatic heterocycles. The van der Waals surface area contributed by atoms with Gasteiger partial charge in [-0.15, -0.1) is 0 Å². The molecule has 0 amide bonds. The van der Waals surface area contributed by atoms with Crippen molar-refractivity contribution in [1.29, 1.82) is 0 Å². The largest absolute Gasteiger partial charge is 0.393 e. The normalized spacial score (nSPS) is 29.9. The molecule has 1 fully saturated rings. The van der Waals surface area contributed by atoms with E-state index in [0.717, 1.165) is 19.4 Å². The van der Waals surface area contributed by atoms with Gasteiger partial charge in [0.25, 0.3) is 0 Å². The number of nitrogens with zero attached hydrogens (tertiary/aromatic N) is 1. The number of benzene rings is 1. The zero-order valence-electron chi connectivity index (χ0n) is 7.89. The van der Waals surface area contributed by atoms with Gasteiger partial charge in [-0.3, -0.25) is 0 Å². The molecule has 0 spiro atoms. The highest BCUT2D eigenvalue weighted by Gasteiger charge is 2.34. The van der Waals surface area contributed by atoms with E-state index in [1.165, 1.54) is 10.6 Å². The van der Waals surface area contributed by atoms with E-state index in [4.69, 9.17) is 0 Å². The van der Waals surface area contributed by atoms with Crippen molar-refractivity contribution in [2.24, 2.45) is 0 Å². The zero-order valence-corrected chi connectivity index (χ0v) is 8.70. The van der Waals surface area contributed by atoms with Crippen LogP contribution in [-0.4, -0.2) is 23.1 Å². The second kappa shape index (κ2) is 3.17. The zero-order chi connectivity index (χ0) is 9.54. The fourth-order valence-corrected chi connectivity index (χ4v) is 3.66. The smallest absolute Gasteiger partial charge is 0.0822 e. The average molecular weight is 207 g/mol. The molecular weight excluding hydrogens is 194 g/mol. The van der Waals surface area contributed by atoms with Gasteiger partial charge in [0.15, 0.2) is 0 Å². The monoisotopic (exact) mass is 207 g/mol. The predicted octanol–water partition coefficient (Wildman–Crippen LogP) is 2.08. The highest BCUT2D eigenvalue weighted by Crippen LogP contribution is 2.46. The van der Waals surface area contributed by atoms with Crippen LogP contribution in [0.25, 0.3) is 0 Å². The van der Waals surface area contributed by atoms with Crippen molar-refractivity contribution in [2.75, 3.05) is 11.4 Å². The van der Waals surface area contributed by atoms with Gasteiger partial charge in [0.05, 0.1) is 17.2 Å². The first-order chi connectivity index (χ1) is 6.84. The summed E-state index contributed by atoms with van der Waals surface area (Å²) in [6.45, 7) is 0.996. The average Bonchev–Trinajstić information content (AvgIpc) is 2.54. The van der Waals surface area contributed by atoms with E-state index < -0.39 is 0 Å². The van der Waals surface area contributed by atoms with E-state index >= 15 is 0 Å². The fraction of sp³-hybridized carbons (Fsp3) is 0.455. The number of para-hydroxylation sites is 1. The number of hydrogen-bond donors (Lipinski definition) is 1. The van der Waals surface area contributed by atoms with Gasteiger partial charge in [0.1, 0.15) is 0 Å². The molecule has 1 aromatic carbocycles. The summed E-state index contributed by atoms with van der Waals surface area (Å²) in [5, 5.41) is 10.1. The molecule has 0 aliphatic carbocycles. The Balaban J connectivity index is 1.94. The lowest BCUT2D eigenvalue weighted by molar-refractivity contribution is 0.141. The van der Waals surface area contributed by atoms with E-state index in [9.17, 15) is 5.11 Å². The number of fused-ring (bicyclic) bond motifs is 3. The first-order valence-corrected chi connectivity index (χ1v) is 5.93. The van der Waals surface area contributed by atoms with Crippen LogP contribution in [0.1, 0.15) is 12.8 Å². The van der Waals surface area contributed by atoms with Gasteiger partial charge in [-0.25, -0.2) is 0 Å². The lowest BCUT2D eigenvalue weighted by atomic mass is 10.1. The van der Waals surface area contributed by atoms with E-state index in [1.54, 1.807) is 0 Å². The number of rotatable bonds is 0. The van der Waals surface area contributed by atoms with E-state index in [1.807, 2.05) is 11.8 Å². The number of hydrogen-bond acceptors (Lipinski definition) is 3. The Morgan fingerprint density at radius 1 is 1.36 bits per heavy atom. The summed E-state index contributed by atoms with van der Waals surface area (Å²) in [7, 11) is 0. The van der Waals surface area contributed by atoms with Gasteiger partial charge in [0.2, 0.25) is 0 Å². The Morgan fingerprint density at radius 2 is 2.21 bits per heavy atom. The second-order valence-electron chi connectivity index (χ2n) is 3.91. The van der Waals surface area contributed by atoms with Crippen LogP contribution in [0.5, 0.6) is 0 Å². The summed E-state index contributed by atoms with van der Waals surface area (Å²) in [5.41, 5.74) is 1.36. The van der Waals surface area contributed by atoms with Crippen molar-refractivity contribution in [3.8, 4) is 0 Å². The molecule has 2 atom stereocenters. The molecule has 1 N–H and O–H groups in total. The third-order valence-corrected chi connectivity index (χ3v) is 4.28. The number of aliphatic hydroxyl groups excluding tert-OH is 1. The van der Waals surface area contributed by atoms with Crippen LogP contribution in [0.2, 0.25) is 0 Å². The Morgan fingerprint density at radius 3 is 3.14 bits per heavy atom. The number of anilines is 1. The molecular formula is C11H13NOS. The molecule has 2 unspecified atom stereocenters. The molecule has 2 nitrogen and oxygen atoms in total. The first-order valence-electron chi connectivity index (χ1n) is 5.05. The molecule has 0 bridgehead atoms. The van der Waals surface area contributed by atoms with Gasteiger partial charge >= 0.3 is 0 Å². The van der Waals surface area contributed by atoms with Gasteiger partial charge in [0, 0.05) is 17.9 Å². The molecule has 1 aromatic rings. The highest BCUT2D eigenvalue weighted by molar-refractivity contribution is 8.00. The summed E-state index contributed by atoms with van der Waals surface area (Å²) in [4.78, 5) is 3.79. The number of piperidine rings is 1. The maximum atomic E-state index is 9.60.